The minimum atomic E-state index is -0.510. The second-order valence-electron chi connectivity index (χ2n) is 7.59. The predicted octanol–water partition coefficient (Wildman–Crippen LogP) is 2.85. The van der Waals surface area contributed by atoms with Crippen molar-refractivity contribution in [2.45, 2.75) is 44.8 Å². The van der Waals surface area contributed by atoms with Gasteiger partial charge in [-0.15, -0.1) is 0 Å². The normalized spacial score (nSPS) is 14.4. The molecule has 7 nitrogen and oxygen atoms in total. The number of rotatable bonds is 7. The van der Waals surface area contributed by atoms with E-state index in [-0.39, 0.29) is 30.5 Å². The molecule has 1 aliphatic heterocycles. The summed E-state index contributed by atoms with van der Waals surface area (Å²) in [7, 11) is 0. The molecule has 0 saturated carbocycles. The minimum absolute atomic E-state index is 0.0469. The number of carbonyl (C=O) groups excluding carboxylic acids is 1. The van der Waals surface area contributed by atoms with Gasteiger partial charge in [0.1, 0.15) is 19.0 Å². The summed E-state index contributed by atoms with van der Waals surface area (Å²) in [6, 6.07) is 14.9. The highest BCUT2D eigenvalue weighted by atomic mass is 19.1. The number of halogens is 1. The average Bonchev–Trinajstić information content (AvgIpc) is 2.94. The Morgan fingerprint density at radius 1 is 1.10 bits per heavy atom. The third-order valence-corrected chi connectivity index (χ3v) is 5.35. The summed E-state index contributed by atoms with van der Waals surface area (Å²) in [6.07, 6.45) is 3.75. The molecule has 0 fully saturated rings. The van der Waals surface area contributed by atoms with Gasteiger partial charge in [-0.25, -0.2) is 13.9 Å². The van der Waals surface area contributed by atoms with Gasteiger partial charge in [0.15, 0.2) is 11.6 Å². The van der Waals surface area contributed by atoms with Crippen molar-refractivity contribution in [2.24, 2.45) is 0 Å². The van der Waals surface area contributed by atoms with E-state index in [0.29, 0.717) is 6.54 Å². The molecule has 31 heavy (non-hydrogen) atoms. The van der Waals surface area contributed by atoms with Crippen molar-refractivity contribution in [3.05, 3.63) is 82.3 Å². The maximum absolute atomic E-state index is 13.9. The van der Waals surface area contributed by atoms with Gasteiger partial charge in [0, 0.05) is 13.0 Å². The van der Waals surface area contributed by atoms with Gasteiger partial charge in [0.05, 0.1) is 6.04 Å². The molecule has 4 rings (SSSR count). The zero-order valence-corrected chi connectivity index (χ0v) is 17.2. The number of ether oxygens (including phenoxy) is 1. The number of para-hydroxylation sites is 1. The van der Waals surface area contributed by atoms with Crippen molar-refractivity contribution < 1.29 is 13.9 Å². The standard InChI is InChI=1S/C23H25FN4O3/c24-18-11-6-7-12-20(18)31-16-19(17-9-3-1-4-10-17)25-22(29)15-28-23(30)27-14-8-2-5-13-21(27)26-28/h1,3-4,6-7,9-12,19H,2,5,8,13-16H2,(H,25,29). The minimum Gasteiger partial charge on any atom is -0.488 e. The van der Waals surface area contributed by atoms with Gasteiger partial charge in [-0.05, 0) is 30.5 Å². The maximum atomic E-state index is 13.9. The Labute approximate surface area is 179 Å². The molecule has 8 heteroatoms. The zero-order chi connectivity index (χ0) is 21.6. The Kier molecular flexibility index (Phi) is 6.45. The Morgan fingerprint density at radius 3 is 2.68 bits per heavy atom. The highest BCUT2D eigenvalue weighted by Crippen LogP contribution is 2.19. The van der Waals surface area contributed by atoms with Crippen LogP contribution in [0.15, 0.2) is 59.4 Å². The highest BCUT2D eigenvalue weighted by molar-refractivity contribution is 5.76. The third-order valence-electron chi connectivity index (χ3n) is 5.35. The lowest BCUT2D eigenvalue weighted by Gasteiger charge is -2.20. The van der Waals surface area contributed by atoms with Crippen LogP contribution >= 0.6 is 0 Å². The van der Waals surface area contributed by atoms with Crippen LogP contribution in [0.4, 0.5) is 4.39 Å². The van der Waals surface area contributed by atoms with E-state index in [1.54, 1.807) is 16.7 Å². The average molecular weight is 424 g/mol. The lowest BCUT2D eigenvalue weighted by atomic mass is 10.1. The number of amides is 1. The number of benzene rings is 2. The Hall–Kier alpha value is -3.42. The largest absolute Gasteiger partial charge is 0.488 e. The Balaban J connectivity index is 1.47. The van der Waals surface area contributed by atoms with Crippen molar-refractivity contribution >= 4 is 5.91 Å². The van der Waals surface area contributed by atoms with Crippen LogP contribution in [-0.2, 0) is 24.3 Å². The molecule has 0 bridgehead atoms. The van der Waals surface area contributed by atoms with E-state index in [9.17, 15) is 14.0 Å². The van der Waals surface area contributed by atoms with Gasteiger partial charge in [-0.2, -0.15) is 5.10 Å². The number of nitrogens with one attached hydrogen (secondary N) is 1. The molecule has 1 atom stereocenters. The quantitative estimate of drug-likeness (QED) is 0.633. The van der Waals surface area contributed by atoms with Crippen LogP contribution in [0.5, 0.6) is 5.75 Å². The number of nitrogens with zero attached hydrogens (tertiary/aromatic N) is 3. The summed E-state index contributed by atoms with van der Waals surface area (Å²) in [4.78, 5) is 25.4. The van der Waals surface area contributed by atoms with Gasteiger partial charge in [0.25, 0.3) is 0 Å². The van der Waals surface area contributed by atoms with Crippen LogP contribution in [0.3, 0.4) is 0 Å². The summed E-state index contributed by atoms with van der Waals surface area (Å²) in [5, 5.41) is 7.26. The SMILES string of the molecule is O=C(Cn1nc2n(c1=O)CCCCC2)NC(COc1ccccc1F)c1ccccc1. The van der Waals surface area contributed by atoms with Crippen molar-refractivity contribution in [2.75, 3.05) is 6.61 Å². The van der Waals surface area contributed by atoms with E-state index in [4.69, 9.17) is 4.74 Å². The molecule has 162 valence electrons. The fraction of sp³-hybridized carbons (Fsp3) is 0.348. The third kappa shape index (κ3) is 5.02. The highest BCUT2D eigenvalue weighted by Gasteiger charge is 2.20. The molecule has 1 aromatic heterocycles. The smallest absolute Gasteiger partial charge is 0.346 e. The molecule has 1 aliphatic rings. The molecule has 2 aromatic carbocycles. The molecule has 1 N–H and O–H groups in total. The number of hydrogen-bond acceptors (Lipinski definition) is 4. The molecule has 1 unspecified atom stereocenters. The summed E-state index contributed by atoms with van der Waals surface area (Å²) >= 11 is 0. The van der Waals surface area contributed by atoms with E-state index < -0.39 is 11.9 Å². The summed E-state index contributed by atoms with van der Waals surface area (Å²) in [5.41, 5.74) is 0.561. The lowest BCUT2D eigenvalue weighted by molar-refractivity contribution is -0.122. The van der Waals surface area contributed by atoms with E-state index in [1.807, 2.05) is 30.3 Å². The topological polar surface area (TPSA) is 78.2 Å². The van der Waals surface area contributed by atoms with E-state index in [1.165, 1.54) is 16.8 Å². The Bertz CT molecular complexity index is 1090. The summed E-state index contributed by atoms with van der Waals surface area (Å²) < 4.78 is 22.4. The van der Waals surface area contributed by atoms with Crippen LogP contribution in [-0.4, -0.2) is 26.9 Å². The first kappa shape index (κ1) is 20.8. The summed E-state index contributed by atoms with van der Waals surface area (Å²) in [5.74, 6) is 0.0255. The molecule has 0 saturated heterocycles. The van der Waals surface area contributed by atoms with E-state index >= 15 is 0 Å². The molecule has 0 aliphatic carbocycles. The zero-order valence-electron chi connectivity index (χ0n) is 17.2. The van der Waals surface area contributed by atoms with Crippen LogP contribution in [0.2, 0.25) is 0 Å². The van der Waals surface area contributed by atoms with Gasteiger partial charge < -0.3 is 10.1 Å². The first-order chi connectivity index (χ1) is 15.1. The van der Waals surface area contributed by atoms with Crippen molar-refractivity contribution in [3.8, 4) is 5.75 Å². The van der Waals surface area contributed by atoms with E-state index in [2.05, 4.69) is 10.4 Å². The van der Waals surface area contributed by atoms with Gasteiger partial charge >= 0.3 is 5.69 Å². The first-order valence-electron chi connectivity index (χ1n) is 10.5. The van der Waals surface area contributed by atoms with Crippen molar-refractivity contribution in [1.29, 1.82) is 0 Å². The fourth-order valence-corrected chi connectivity index (χ4v) is 3.75. The van der Waals surface area contributed by atoms with Gasteiger partial charge in [-0.1, -0.05) is 48.9 Å². The molecular formula is C23H25FN4O3. The number of hydrogen-bond donors (Lipinski definition) is 1. The number of aromatic nitrogens is 3. The second-order valence-corrected chi connectivity index (χ2v) is 7.59. The summed E-state index contributed by atoms with van der Waals surface area (Å²) in [6.45, 7) is 0.506. The van der Waals surface area contributed by atoms with Gasteiger partial charge in [-0.3, -0.25) is 9.36 Å². The van der Waals surface area contributed by atoms with Crippen molar-refractivity contribution in [3.63, 3.8) is 0 Å². The van der Waals surface area contributed by atoms with Crippen LogP contribution in [0.25, 0.3) is 0 Å². The van der Waals surface area contributed by atoms with Crippen molar-refractivity contribution in [1.82, 2.24) is 19.7 Å². The number of aryl methyl sites for hydroxylation is 1. The van der Waals surface area contributed by atoms with Crippen LogP contribution < -0.4 is 15.7 Å². The van der Waals surface area contributed by atoms with Crippen LogP contribution in [0, 0.1) is 5.82 Å². The maximum Gasteiger partial charge on any atom is 0.346 e. The molecular weight excluding hydrogens is 399 g/mol. The fourth-order valence-electron chi connectivity index (χ4n) is 3.75. The van der Waals surface area contributed by atoms with E-state index in [0.717, 1.165) is 37.1 Å². The molecule has 2 heterocycles. The molecule has 0 spiro atoms. The molecule has 3 aromatic rings. The predicted molar refractivity (Wildman–Crippen MR) is 113 cm³/mol. The molecule has 1 amide bonds. The number of carbonyl (C=O) groups is 1. The van der Waals surface area contributed by atoms with Gasteiger partial charge in [0.2, 0.25) is 5.91 Å². The number of fused-ring (bicyclic) bond motifs is 1. The first-order valence-corrected chi connectivity index (χ1v) is 10.5. The lowest BCUT2D eigenvalue weighted by Crippen LogP contribution is -2.37. The molecule has 0 radical (unpaired) electrons. The monoisotopic (exact) mass is 424 g/mol. The Morgan fingerprint density at radius 2 is 1.87 bits per heavy atom. The second kappa shape index (κ2) is 9.59. The van der Waals surface area contributed by atoms with Crippen LogP contribution in [0.1, 0.15) is 36.7 Å².